The number of aliphatic hydroxyl groups excluding tert-OH is 1. The van der Waals surface area contributed by atoms with Crippen molar-refractivity contribution in [3.63, 3.8) is 0 Å². The second kappa shape index (κ2) is 10.0. The molecule has 0 radical (unpaired) electrons. The van der Waals surface area contributed by atoms with Crippen molar-refractivity contribution in [1.82, 2.24) is 5.32 Å². The summed E-state index contributed by atoms with van der Waals surface area (Å²) in [5, 5.41) is 14.0. The molecule has 0 saturated heterocycles. The highest BCUT2D eigenvalue weighted by molar-refractivity contribution is 7.99. The largest absolute Gasteiger partial charge is 0.389 e. The Morgan fingerprint density at radius 1 is 1.39 bits per heavy atom. The molecule has 3 unspecified atom stereocenters. The lowest BCUT2D eigenvalue weighted by Crippen LogP contribution is -2.40. The predicted octanol–water partition coefficient (Wildman–Crippen LogP) is 1.27. The zero-order valence-corrected chi connectivity index (χ0v) is 12.4. The molecule has 1 saturated carbocycles. The van der Waals surface area contributed by atoms with E-state index in [0.29, 0.717) is 32.4 Å². The van der Waals surface area contributed by atoms with Crippen LogP contribution in [0, 0.1) is 0 Å². The summed E-state index contributed by atoms with van der Waals surface area (Å²) in [5.74, 6) is 1.17. The van der Waals surface area contributed by atoms with E-state index in [4.69, 9.17) is 9.47 Å². The first-order valence-corrected chi connectivity index (χ1v) is 7.92. The van der Waals surface area contributed by atoms with Crippen molar-refractivity contribution in [3.8, 4) is 0 Å². The molecule has 5 heteroatoms. The van der Waals surface area contributed by atoms with Gasteiger partial charge < -0.3 is 19.9 Å². The Balaban J connectivity index is 2.07. The fourth-order valence-corrected chi connectivity index (χ4v) is 3.51. The number of hydrogen-bond acceptors (Lipinski definition) is 5. The van der Waals surface area contributed by atoms with Crippen molar-refractivity contribution in [1.29, 1.82) is 0 Å². The second-order valence-corrected chi connectivity index (χ2v) is 6.18. The molecule has 0 spiro atoms. The minimum absolute atomic E-state index is 0.384. The van der Waals surface area contributed by atoms with Crippen LogP contribution in [-0.4, -0.2) is 61.7 Å². The normalized spacial score (nSPS) is 25.5. The Kier molecular flexibility index (Phi) is 9.06. The number of ether oxygens (including phenoxy) is 2. The van der Waals surface area contributed by atoms with Gasteiger partial charge in [0.2, 0.25) is 0 Å². The van der Waals surface area contributed by atoms with Crippen molar-refractivity contribution < 1.29 is 14.6 Å². The van der Waals surface area contributed by atoms with E-state index in [-0.39, 0.29) is 0 Å². The van der Waals surface area contributed by atoms with Crippen molar-refractivity contribution in [2.24, 2.45) is 0 Å². The number of methoxy groups -OCH3 is 1. The maximum atomic E-state index is 9.79. The second-order valence-electron chi connectivity index (χ2n) is 4.66. The van der Waals surface area contributed by atoms with E-state index in [9.17, 15) is 5.11 Å². The Hall–Kier alpha value is 0.190. The van der Waals surface area contributed by atoms with Crippen LogP contribution in [0.15, 0.2) is 0 Å². The molecule has 1 fully saturated rings. The number of rotatable bonds is 10. The smallest absolute Gasteiger partial charge is 0.0897 e. The van der Waals surface area contributed by atoms with Gasteiger partial charge in [-0.15, -0.1) is 0 Å². The van der Waals surface area contributed by atoms with Crippen LogP contribution < -0.4 is 5.32 Å². The van der Waals surface area contributed by atoms with Crippen LogP contribution in [0.25, 0.3) is 0 Å². The van der Waals surface area contributed by atoms with Crippen molar-refractivity contribution >= 4 is 11.8 Å². The lowest BCUT2D eigenvalue weighted by molar-refractivity contribution is 0.0130. The summed E-state index contributed by atoms with van der Waals surface area (Å²) in [7, 11) is 1.65. The number of hydrogen-bond donors (Lipinski definition) is 2. The zero-order valence-electron chi connectivity index (χ0n) is 11.6. The van der Waals surface area contributed by atoms with E-state index in [2.05, 4.69) is 12.2 Å². The molecule has 1 aliphatic rings. The van der Waals surface area contributed by atoms with Gasteiger partial charge in [-0.2, -0.15) is 11.8 Å². The molecule has 1 aliphatic carbocycles. The highest BCUT2D eigenvalue weighted by Gasteiger charge is 2.26. The molecule has 0 aromatic rings. The van der Waals surface area contributed by atoms with Gasteiger partial charge >= 0.3 is 0 Å². The summed E-state index contributed by atoms with van der Waals surface area (Å²) < 4.78 is 10.2. The lowest BCUT2D eigenvalue weighted by atomic mass is 10.2. The van der Waals surface area contributed by atoms with E-state index >= 15 is 0 Å². The molecule has 2 N–H and O–H groups in total. The van der Waals surface area contributed by atoms with Gasteiger partial charge in [0.1, 0.15) is 0 Å². The first-order chi connectivity index (χ1) is 8.77. The van der Waals surface area contributed by atoms with Crippen molar-refractivity contribution in [2.75, 3.05) is 39.2 Å². The van der Waals surface area contributed by atoms with Gasteiger partial charge in [0, 0.05) is 24.9 Å². The van der Waals surface area contributed by atoms with Gasteiger partial charge in [-0.1, -0.05) is 13.3 Å². The van der Waals surface area contributed by atoms with Crippen LogP contribution in [0.2, 0.25) is 0 Å². The third kappa shape index (κ3) is 6.38. The predicted molar refractivity (Wildman–Crippen MR) is 76.3 cm³/mol. The topological polar surface area (TPSA) is 50.7 Å². The molecule has 108 valence electrons. The SMILES string of the molecule is CCSC1CCCC1NCC(O)COCCOC. The van der Waals surface area contributed by atoms with E-state index in [1.165, 1.54) is 25.0 Å². The van der Waals surface area contributed by atoms with Gasteiger partial charge in [-0.25, -0.2) is 0 Å². The average Bonchev–Trinajstić information content (AvgIpc) is 2.80. The van der Waals surface area contributed by atoms with E-state index < -0.39 is 6.10 Å². The lowest BCUT2D eigenvalue weighted by Gasteiger charge is -2.22. The zero-order chi connectivity index (χ0) is 13.2. The molecular formula is C13H27NO3S. The van der Waals surface area contributed by atoms with Crippen LogP contribution in [0.3, 0.4) is 0 Å². The van der Waals surface area contributed by atoms with Crippen LogP contribution in [-0.2, 0) is 9.47 Å². The minimum atomic E-state index is -0.422. The first kappa shape index (κ1) is 16.2. The molecule has 3 atom stereocenters. The standard InChI is InChI=1S/C13H27NO3S/c1-3-18-13-6-4-5-12(13)14-9-11(15)10-17-8-7-16-2/h11-15H,3-10H2,1-2H3. The fourth-order valence-electron chi connectivity index (χ4n) is 2.28. The first-order valence-electron chi connectivity index (χ1n) is 6.87. The van der Waals surface area contributed by atoms with Crippen LogP contribution in [0.4, 0.5) is 0 Å². The van der Waals surface area contributed by atoms with E-state index in [1.54, 1.807) is 7.11 Å². The third-order valence-corrected chi connectivity index (χ3v) is 4.52. The van der Waals surface area contributed by atoms with E-state index in [0.717, 1.165) is 5.25 Å². The Labute approximate surface area is 115 Å². The number of thioether (sulfide) groups is 1. The van der Waals surface area contributed by atoms with E-state index in [1.807, 2.05) is 11.8 Å². The summed E-state index contributed by atoms with van der Waals surface area (Å²) in [6, 6.07) is 0.559. The Bertz CT molecular complexity index is 207. The molecule has 0 amide bonds. The fraction of sp³-hybridized carbons (Fsp3) is 1.00. The summed E-state index contributed by atoms with van der Waals surface area (Å²) >= 11 is 2.03. The highest BCUT2D eigenvalue weighted by Crippen LogP contribution is 2.29. The maximum Gasteiger partial charge on any atom is 0.0897 e. The summed E-state index contributed by atoms with van der Waals surface area (Å²) in [6.45, 7) is 4.34. The Morgan fingerprint density at radius 2 is 2.22 bits per heavy atom. The van der Waals surface area contributed by atoms with Gasteiger partial charge in [-0.3, -0.25) is 0 Å². The monoisotopic (exact) mass is 277 g/mol. The highest BCUT2D eigenvalue weighted by atomic mass is 32.2. The van der Waals surface area contributed by atoms with Crippen molar-refractivity contribution in [2.45, 2.75) is 43.6 Å². The summed E-state index contributed by atoms with van der Waals surface area (Å²) in [6.07, 6.45) is 3.41. The van der Waals surface area contributed by atoms with Gasteiger partial charge in [-0.05, 0) is 18.6 Å². The quantitative estimate of drug-likeness (QED) is 0.589. The van der Waals surface area contributed by atoms with Gasteiger partial charge in [0.05, 0.1) is 25.9 Å². The number of aliphatic hydroxyl groups is 1. The van der Waals surface area contributed by atoms with Gasteiger partial charge in [0.15, 0.2) is 0 Å². The summed E-state index contributed by atoms with van der Waals surface area (Å²) in [5.41, 5.74) is 0. The molecule has 18 heavy (non-hydrogen) atoms. The van der Waals surface area contributed by atoms with Crippen LogP contribution in [0.1, 0.15) is 26.2 Å². The van der Waals surface area contributed by atoms with Gasteiger partial charge in [0.25, 0.3) is 0 Å². The molecule has 0 aliphatic heterocycles. The minimum Gasteiger partial charge on any atom is -0.389 e. The van der Waals surface area contributed by atoms with Crippen LogP contribution in [0.5, 0.6) is 0 Å². The average molecular weight is 277 g/mol. The molecular weight excluding hydrogens is 250 g/mol. The van der Waals surface area contributed by atoms with Crippen LogP contribution >= 0.6 is 11.8 Å². The third-order valence-electron chi connectivity index (χ3n) is 3.19. The maximum absolute atomic E-state index is 9.79. The number of nitrogens with one attached hydrogen (secondary N) is 1. The molecule has 4 nitrogen and oxygen atoms in total. The molecule has 0 heterocycles. The molecule has 1 rings (SSSR count). The van der Waals surface area contributed by atoms with Crippen molar-refractivity contribution in [3.05, 3.63) is 0 Å². The molecule has 0 aromatic carbocycles. The summed E-state index contributed by atoms with van der Waals surface area (Å²) in [4.78, 5) is 0. The molecule has 0 bridgehead atoms. The Morgan fingerprint density at radius 3 is 2.94 bits per heavy atom. The molecule has 0 aromatic heterocycles.